The predicted molar refractivity (Wildman–Crippen MR) is 81.7 cm³/mol. The van der Waals surface area contributed by atoms with Crippen molar-refractivity contribution in [2.45, 2.75) is 19.5 Å². The summed E-state index contributed by atoms with van der Waals surface area (Å²) in [5, 5.41) is 11.6. The van der Waals surface area contributed by atoms with Crippen molar-refractivity contribution >= 4 is 23.5 Å². The van der Waals surface area contributed by atoms with Gasteiger partial charge >= 0.3 is 18.1 Å². The van der Waals surface area contributed by atoms with E-state index in [-0.39, 0.29) is 29.5 Å². The number of hydrogen-bond acceptors (Lipinski definition) is 4. The smallest absolute Gasteiger partial charge is 0.471 e. The van der Waals surface area contributed by atoms with E-state index >= 15 is 0 Å². The molecule has 0 spiro atoms. The molecule has 7 nitrogen and oxygen atoms in total. The van der Waals surface area contributed by atoms with E-state index in [1.165, 1.54) is 6.92 Å². The summed E-state index contributed by atoms with van der Waals surface area (Å²) in [5.74, 6) is -3.82. The van der Waals surface area contributed by atoms with Gasteiger partial charge in [0, 0.05) is 32.3 Å². The maximum Gasteiger partial charge on any atom is 0.471 e. The minimum Gasteiger partial charge on any atom is -0.493 e. The molecule has 10 heteroatoms. The first-order valence-electron chi connectivity index (χ1n) is 7.13. The highest BCUT2D eigenvalue weighted by Gasteiger charge is 2.41. The molecule has 0 saturated heterocycles. The topological polar surface area (TPSA) is 95.9 Å². The molecule has 25 heavy (non-hydrogen) atoms. The number of nitrogens with one attached hydrogen (secondary N) is 1. The number of anilines is 1. The first-order valence-corrected chi connectivity index (χ1v) is 7.13. The Kier molecular flexibility index (Phi) is 6.77. The van der Waals surface area contributed by atoms with Crippen molar-refractivity contribution in [2.24, 2.45) is 0 Å². The number of aromatic carboxylic acids is 1. The fraction of sp³-hybridized carbons (Fsp3) is 0.400. The monoisotopic (exact) mass is 362 g/mol. The summed E-state index contributed by atoms with van der Waals surface area (Å²) >= 11 is 0. The van der Waals surface area contributed by atoms with Crippen LogP contribution in [0.15, 0.2) is 18.2 Å². The zero-order valence-corrected chi connectivity index (χ0v) is 13.5. The molecular formula is C15H17F3N2O5. The lowest BCUT2D eigenvalue weighted by Gasteiger charge is -2.20. The quantitative estimate of drug-likeness (QED) is 0.722. The molecule has 1 rings (SSSR count). The van der Waals surface area contributed by atoms with Crippen LogP contribution in [0.5, 0.6) is 5.75 Å². The van der Waals surface area contributed by atoms with Crippen molar-refractivity contribution in [1.29, 1.82) is 0 Å². The van der Waals surface area contributed by atoms with Crippen LogP contribution in [0.25, 0.3) is 0 Å². The molecule has 1 aromatic rings. The summed E-state index contributed by atoms with van der Waals surface area (Å²) in [6.07, 6.45) is -4.69. The molecule has 0 aliphatic rings. The molecule has 2 amide bonds. The van der Waals surface area contributed by atoms with Gasteiger partial charge in [0.05, 0.1) is 6.61 Å². The molecule has 0 saturated carbocycles. The number of halogens is 3. The number of amides is 2. The van der Waals surface area contributed by atoms with Gasteiger partial charge in [-0.2, -0.15) is 13.2 Å². The number of nitrogens with zero attached hydrogens (tertiary/aromatic N) is 1. The van der Waals surface area contributed by atoms with Crippen LogP contribution in [-0.4, -0.2) is 49.3 Å². The molecule has 0 heterocycles. The van der Waals surface area contributed by atoms with Crippen LogP contribution in [0.4, 0.5) is 18.9 Å². The van der Waals surface area contributed by atoms with E-state index in [4.69, 9.17) is 9.84 Å². The van der Waals surface area contributed by atoms with Gasteiger partial charge in [-0.1, -0.05) is 0 Å². The van der Waals surface area contributed by atoms with Crippen LogP contribution in [0.3, 0.4) is 0 Å². The molecule has 0 unspecified atom stereocenters. The van der Waals surface area contributed by atoms with E-state index in [1.54, 1.807) is 0 Å². The Labute approximate surface area is 141 Å². The number of carbonyl (C=O) groups excluding carboxylic acids is 2. The number of carbonyl (C=O) groups is 3. The van der Waals surface area contributed by atoms with Gasteiger partial charge in [-0.15, -0.1) is 0 Å². The molecular weight excluding hydrogens is 345 g/mol. The van der Waals surface area contributed by atoms with Gasteiger partial charge in [-0.25, -0.2) is 4.79 Å². The van der Waals surface area contributed by atoms with Gasteiger partial charge in [0.1, 0.15) is 11.3 Å². The second-order valence-electron chi connectivity index (χ2n) is 5.03. The van der Waals surface area contributed by atoms with Crippen LogP contribution in [0.2, 0.25) is 0 Å². The van der Waals surface area contributed by atoms with Crippen LogP contribution in [0.1, 0.15) is 23.7 Å². The number of carboxylic acid groups (broad SMARTS) is 1. The Morgan fingerprint density at radius 1 is 1.28 bits per heavy atom. The second-order valence-corrected chi connectivity index (χ2v) is 5.03. The molecule has 2 N–H and O–H groups in total. The molecule has 0 aliphatic heterocycles. The lowest BCUT2D eigenvalue weighted by molar-refractivity contribution is -0.170. The van der Waals surface area contributed by atoms with Gasteiger partial charge < -0.3 is 20.1 Å². The molecule has 0 fully saturated rings. The van der Waals surface area contributed by atoms with E-state index in [0.717, 1.165) is 25.2 Å². The molecule has 0 aliphatic carbocycles. The number of hydrogen-bond donors (Lipinski definition) is 2. The highest BCUT2D eigenvalue weighted by atomic mass is 19.4. The number of benzene rings is 1. The highest BCUT2D eigenvalue weighted by molar-refractivity contribution is 5.98. The summed E-state index contributed by atoms with van der Waals surface area (Å²) in [6, 6.07) is 3.18. The number of carboxylic acids is 1. The molecule has 0 atom stereocenters. The maximum absolute atomic E-state index is 12.5. The Morgan fingerprint density at radius 3 is 2.44 bits per heavy atom. The van der Waals surface area contributed by atoms with Crippen LogP contribution < -0.4 is 15.0 Å². The summed E-state index contributed by atoms with van der Waals surface area (Å²) < 4.78 is 42.8. The standard InChI is InChI=1S/C15H17F3N2O5/c1-9(21)19-6-3-7-25-12-8-10(4-5-11(12)13(22)23)20(2)14(24)15(16,17)18/h4-5,8H,3,6-7H2,1-2H3,(H,19,21)(H,22,23). The van der Waals surface area contributed by atoms with Crippen molar-refractivity contribution in [1.82, 2.24) is 5.32 Å². The molecule has 138 valence electrons. The van der Waals surface area contributed by atoms with Gasteiger partial charge in [-0.05, 0) is 18.6 Å². The van der Waals surface area contributed by atoms with Crippen LogP contribution in [0, 0.1) is 0 Å². The Hall–Kier alpha value is -2.78. The third-order valence-electron chi connectivity index (χ3n) is 3.08. The highest BCUT2D eigenvalue weighted by Crippen LogP contribution is 2.28. The van der Waals surface area contributed by atoms with Crippen molar-refractivity contribution in [3.63, 3.8) is 0 Å². The number of ether oxygens (including phenoxy) is 1. The normalized spacial score (nSPS) is 10.9. The maximum atomic E-state index is 12.5. The third-order valence-corrected chi connectivity index (χ3v) is 3.08. The average molecular weight is 362 g/mol. The molecule has 0 aromatic heterocycles. The van der Waals surface area contributed by atoms with Crippen molar-refractivity contribution < 1.29 is 37.4 Å². The summed E-state index contributed by atoms with van der Waals surface area (Å²) in [5.41, 5.74) is -0.416. The third kappa shape index (κ3) is 5.98. The van der Waals surface area contributed by atoms with E-state index < -0.39 is 18.1 Å². The number of rotatable bonds is 7. The Bertz CT molecular complexity index is 661. The van der Waals surface area contributed by atoms with Gasteiger partial charge in [0.25, 0.3) is 0 Å². The molecule has 0 bridgehead atoms. The summed E-state index contributed by atoms with van der Waals surface area (Å²) in [6.45, 7) is 1.66. The summed E-state index contributed by atoms with van der Waals surface area (Å²) in [4.78, 5) is 33.5. The zero-order valence-electron chi connectivity index (χ0n) is 13.5. The lowest BCUT2D eigenvalue weighted by atomic mass is 10.1. The predicted octanol–water partition coefficient (Wildman–Crippen LogP) is 1.81. The second kappa shape index (κ2) is 8.36. The fourth-order valence-electron chi connectivity index (χ4n) is 1.84. The van der Waals surface area contributed by atoms with Crippen molar-refractivity contribution in [2.75, 3.05) is 25.1 Å². The van der Waals surface area contributed by atoms with Crippen molar-refractivity contribution in [3.8, 4) is 5.75 Å². The van der Waals surface area contributed by atoms with Gasteiger partial charge in [0.15, 0.2) is 0 Å². The minimum absolute atomic E-state index is 0.0287. The lowest BCUT2D eigenvalue weighted by Crippen LogP contribution is -2.38. The SMILES string of the molecule is CC(=O)NCCCOc1cc(N(C)C(=O)C(F)(F)F)ccc1C(=O)O. The minimum atomic E-state index is -5.06. The average Bonchev–Trinajstić information content (AvgIpc) is 2.51. The summed E-state index contributed by atoms with van der Waals surface area (Å²) in [7, 11) is 0.923. The van der Waals surface area contributed by atoms with Gasteiger partial charge in [0.2, 0.25) is 5.91 Å². The van der Waals surface area contributed by atoms with Crippen molar-refractivity contribution in [3.05, 3.63) is 23.8 Å². The Balaban J connectivity index is 2.92. The molecule has 0 radical (unpaired) electrons. The Morgan fingerprint density at radius 2 is 1.92 bits per heavy atom. The zero-order chi connectivity index (χ0) is 19.2. The molecule has 1 aromatic carbocycles. The van der Waals surface area contributed by atoms with E-state index in [0.29, 0.717) is 17.9 Å². The van der Waals surface area contributed by atoms with Gasteiger partial charge in [-0.3, -0.25) is 9.59 Å². The van der Waals surface area contributed by atoms with Crippen LogP contribution >= 0.6 is 0 Å². The largest absolute Gasteiger partial charge is 0.493 e. The fourth-order valence-corrected chi connectivity index (χ4v) is 1.84. The van der Waals surface area contributed by atoms with Crippen LogP contribution in [-0.2, 0) is 9.59 Å². The number of alkyl halides is 3. The van der Waals surface area contributed by atoms with E-state index in [1.807, 2.05) is 0 Å². The first kappa shape index (κ1) is 20.3. The van der Waals surface area contributed by atoms with E-state index in [2.05, 4.69) is 5.32 Å². The van der Waals surface area contributed by atoms with E-state index in [9.17, 15) is 27.6 Å². The first-order chi connectivity index (χ1) is 11.5.